The molecule has 0 radical (unpaired) electrons. The Morgan fingerprint density at radius 3 is 1.79 bits per heavy atom. The standard InChI is InChI=1S/C43H30N4/c1-5-17-29(18-6-1)43-44-39-37-33-25-13-15-27-35(33)45(30-19-7-2-8-20-30)40(37)38-34-26-14-16-28-36(34)46(31-21-9-3-10-22-31)41(38)42(39)47(43)32-23-11-4-12-24-32/h1-28,34,36H. The molecule has 2 atom stereocenters. The number of hydrogen-bond acceptors (Lipinski definition) is 2. The summed E-state index contributed by atoms with van der Waals surface area (Å²) in [5.74, 6) is 1.08. The highest BCUT2D eigenvalue weighted by Crippen LogP contribution is 2.56. The fourth-order valence-corrected chi connectivity index (χ4v) is 7.95. The molecule has 0 amide bonds. The van der Waals surface area contributed by atoms with E-state index in [9.17, 15) is 0 Å². The minimum absolute atomic E-state index is 0.118. The molecule has 8 aromatic rings. The highest BCUT2D eigenvalue weighted by atomic mass is 15.2. The van der Waals surface area contributed by atoms with Crippen molar-refractivity contribution in [3.8, 4) is 22.8 Å². The van der Waals surface area contributed by atoms with Gasteiger partial charge in [0, 0.05) is 44.9 Å². The van der Waals surface area contributed by atoms with Crippen LogP contribution in [0.25, 0.3) is 55.6 Å². The van der Waals surface area contributed by atoms with Crippen LogP contribution in [0.2, 0.25) is 0 Å². The van der Waals surface area contributed by atoms with Gasteiger partial charge in [0.05, 0.1) is 28.3 Å². The Bertz CT molecular complexity index is 2510. The van der Waals surface area contributed by atoms with Gasteiger partial charge in [0.25, 0.3) is 0 Å². The maximum Gasteiger partial charge on any atom is 0.145 e. The van der Waals surface area contributed by atoms with Crippen molar-refractivity contribution in [2.45, 2.75) is 12.0 Å². The molecule has 0 spiro atoms. The van der Waals surface area contributed by atoms with E-state index in [4.69, 9.17) is 4.98 Å². The molecule has 0 fully saturated rings. The van der Waals surface area contributed by atoms with E-state index in [-0.39, 0.29) is 12.0 Å². The van der Waals surface area contributed by atoms with Gasteiger partial charge >= 0.3 is 0 Å². The number of hydrogen-bond donors (Lipinski definition) is 0. The fraction of sp³-hybridized carbons (Fsp3) is 0.0465. The molecule has 1 aliphatic heterocycles. The first-order valence-electron chi connectivity index (χ1n) is 16.3. The number of allylic oxidation sites excluding steroid dienone is 2. The zero-order valence-corrected chi connectivity index (χ0v) is 25.6. The summed E-state index contributed by atoms with van der Waals surface area (Å²) in [5, 5.41) is 2.41. The van der Waals surface area contributed by atoms with E-state index in [0.29, 0.717) is 0 Å². The molecule has 0 saturated heterocycles. The quantitative estimate of drug-likeness (QED) is 0.200. The monoisotopic (exact) mass is 602 g/mol. The van der Waals surface area contributed by atoms with Gasteiger partial charge in [-0.2, -0.15) is 0 Å². The predicted octanol–water partition coefficient (Wildman–Crippen LogP) is 10.5. The van der Waals surface area contributed by atoms with Crippen LogP contribution in [0.5, 0.6) is 0 Å². The molecule has 1 aliphatic carbocycles. The molecule has 47 heavy (non-hydrogen) atoms. The van der Waals surface area contributed by atoms with Gasteiger partial charge in [-0.1, -0.05) is 127 Å². The van der Waals surface area contributed by atoms with E-state index >= 15 is 0 Å². The summed E-state index contributed by atoms with van der Waals surface area (Å²) < 4.78 is 4.88. The molecule has 0 N–H and O–H groups in total. The number of nitrogens with zero attached hydrogens (tertiary/aromatic N) is 4. The SMILES string of the molecule is C1=CC2c3c(c4c(nc(-c5ccccc5)n4-c4ccccc4)c4c5ccccc5n(-c5ccccc5)c34)N(c3ccccc3)C2C=C1. The minimum atomic E-state index is 0.118. The number of aromatic nitrogens is 3. The predicted molar refractivity (Wildman–Crippen MR) is 194 cm³/mol. The highest BCUT2D eigenvalue weighted by molar-refractivity contribution is 6.25. The van der Waals surface area contributed by atoms with Gasteiger partial charge in [-0.05, 0) is 42.5 Å². The third-order valence-corrected chi connectivity index (χ3v) is 9.80. The van der Waals surface area contributed by atoms with Crippen molar-refractivity contribution in [2.75, 3.05) is 4.90 Å². The van der Waals surface area contributed by atoms with E-state index in [0.717, 1.165) is 33.8 Å². The summed E-state index contributed by atoms with van der Waals surface area (Å²) in [4.78, 5) is 8.21. The van der Waals surface area contributed by atoms with Crippen LogP contribution < -0.4 is 4.90 Å². The lowest BCUT2D eigenvalue weighted by Gasteiger charge is -2.29. The first-order chi connectivity index (χ1) is 23.4. The van der Waals surface area contributed by atoms with E-state index < -0.39 is 0 Å². The summed E-state index contributed by atoms with van der Waals surface area (Å²) in [6.07, 6.45) is 9.18. The summed E-state index contributed by atoms with van der Waals surface area (Å²) >= 11 is 0. The second kappa shape index (κ2) is 10.2. The van der Waals surface area contributed by atoms with Crippen molar-refractivity contribution in [1.29, 1.82) is 0 Å². The van der Waals surface area contributed by atoms with E-state index in [1.807, 2.05) is 0 Å². The first-order valence-corrected chi connectivity index (χ1v) is 16.3. The Kier molecular flexibility index (Phi) is 5.67. The van der Waals surface area contributed by atoms with Crippen LogP contribution in [0.3, 0.4) is 0 Å². The minimum Gasteiger partial charge on any atom is -0.331 e. The lowest BCUT2D eigenvalue weighted by atomic mass is 9.89. The van der Waals surface area contributed by atoms with Crippen molar-refractivity contribution in [2.24, 2.45) is 0 Å². The van der Waals surface area contributed by atoms with Gasteiger partial charge in [0.1, 0.15) is 11.3 Å². The fourth-order valence-electron chi connectivity index (χ4n) is 7.95. The lowest BCUT2D eigenvalue weighted by molar-refractivity contribution is 0.746. The molecule has 0 saturated carbocycles. The van der Waals surface area contributed by atoms with E-state index in [2.05, 4.69) is 184 Å². The zero-order chi connectivity index (χ0) is 30.9. The molecule has 6 aromatic carbocycles. The largest absolute Gasteiger partial charge is 0.331 e. The Morgan fingerprint density at radius 1 is 0.511 bits per heavy atom. The third kappa shape index (κ3) is 3.73. The van der Waals surface area contributed by atoms with Gasteiger partial charge in [-0.3, -0.25) is 4.57 Å². The average Bonchev–Trinajstić information content (AvgIpc) is 3.81. The van der Waals surface area contributed by atoms with Crippen molar-refractivity contribution < 1.29 is 0 Å². The van der Waals surface area contributed by atoms with E-state index in [1.54, 1.807) is 0 Å². The molecule has 4 nitrogen and oxygen atoms in total. The van der Waals surface area contributed by atoms with Crippen LogP contribution in [0.4, 0.5) is 11.4 Å². The highest BCUT2D eigenvalue weighted by Gasteiger charge is 2.43. The smallest absolute Gasteiger partial charge is 0.145 e. The molecule has 2 aromatic heterocycles. The van der Waals surface area contributed by atoms with E-state index in [1.165, 1.54) is 38.7 Å². The Labute approximate surface area is 272 Å². The molecular formula is C43H30N4. The first kappa shape index (κ1) is 26.1. The second-order valence-electron chi connectivity index (χ2n) is 12.3. The third-order valence-electron chi connectivity index (χ3n) is 9.80. The van der Waals surface area contributed by atoms with Crippen molar-refractivity contribution >= 4 is 44.2 Å². The summed E-state index contributed by atoms with van der Waals surface area (Å²) in [7, 11) is 0. The molecular weight excluding hydrogens is 573 g/mol. The molecule has 2 unspecified atom stereocenters. The Morgan fingerprint density at radius 2 is 1.09 bits per heavy atom. The summed E-state index contributed by atoms with van der Waals surface area (Å²) in [6.45, 7) is 0. The number of rotatable bonds is 4. The number of anilines is 2. The molecule has 0 bridgehead atoms. The van der Waals surface area contributed by atoms with Crippen LogP contribution in [-0.4, -0.2) is 20.2 Å². The van der Waals surface area contributed by atoms with Crippen LogP contribution in [0.15, 0.2) is 170 Å². The van der Waals surface area contributed by atoms with Crippen molar-refractivity contribution in [3.05, 3.63) is 175 Å². The molecule has 2 aliphatic rings. The lowest BCUT2D eigenvalue weighted by Crippen LogP contribution is -2.28. The maximum absolute atomic E-state index is 5.65. The summed E-state index contributed by atoms with van der Waals surface area (Å²) in [5.41, 5.74) is 11.6. The number of para-hydroxylation sites is 4. The van der Waals surface area contributed by atoms with Crippen molar-refractivity contribution in [3.63, 3.8) is 0 Å². The van der Waals surface area contributed by atoms with Gasteiger partial charge in [0.2, 0.25) is 0 Å². The molecule has 3 heterocycles. The Balaban J connectivity index is 1.50. The average molecular weight is 603 g/mol. The maximum atomic E-state index is 5.65. The molecule has 4 heteroatoms. The van der Waals surface area contributed by atoms with Crippen LogP contribution in [0.1, 0.15) is 11.5 Å². The second-order valence-corrected chi connectivity index (χ2v) is 12.3. The molecule has 10 rings (SSSR count). The normalized spacial score (nSPS) is 16.7. The van der Waals surface area contributed by atoms with Gasteiger partial charge in [0.15, 0.2) is 0 Å². The Hall–Kier alpha value is -6.13. The topological polar surface area (TPSA) is 26.0 Å². The van der Waals surface area contributed by atoms with Crippen LogP contribution >= 0.6 is 0 Å². The van der Waals surface area contributed by atoms with Gasteiger partial charge < -0.3 is 9.47 Å². The van der Waals surface area contributed by atoms with Crippen LogP contribution in [-0.2, 0) is 0 Å². The summed E-state index contributed by atoms with van der Waals surface area (Å²) in [6, 6.07) is 52.0. The number of benzene rings is 6. The van der Waals surface area contributed by atoms with Gasteiger partial charge in [-0.15, -0.1) is 0 Å². The van der Waals surface area contributed by atoms with Gasteiger partial charge in [-0.25, -0.2) is 4.98 Å². The zero-order valence-electron chi connectivity index (χ0n) is 25.6. The number of fused-ring (bicyclic) bond motifs is 10. The van der Waals surface area contributed by atoms with Crippen molar-refractivity contribution in [1.82, 2.24) is 14.1 Å². The number of imidazole rings is 1. The van der Waals surface area contributed by atoms with Crippen LogP contribution in [0, 0.1) is 0 Å². The molecule has 222 valence electrons.